The van der Waals surface area contributed by atoms with Crippen molar-refractivity contribution >= 4 is 11.6 Å². The van der Waals surface area contributed by atoms with Crippen molar-refractivity contribution in [2.45, 2.75) is 13.8 Å². The molecule has 0 aromatic carbocycles. The van der Waals surface area contributed by atoms with Gasteiger partial charge in [0.2, 0.25) is 0 Å². The maximum absolute atomic E-state index is 11.2. The molecule has 0 atom stereocenters. The van der Waals surface area contributed by atoms with Crippen molar-refractivity contribution in [1.29, 1.82) is 0 Å². The van der Waals surface area contributed by atoms with E-state index in [2.05, 4.69) is 21.8 Å². The second-order valence-electron chi connectivity index (χ2n) is 4.18. The largest absolute Gasteiger partial charge is 0.293 e. The van der Waals surface area contributed by atoms with Crippen molar-refractivity contribution in [2.75, 3.05) is 0 Å². The minimum Gasteiger partial charge on any atom is -0.293 e. The molecule has 0 spiro atoms. The first-order valence-corrected chi connectivity index (χ1v) is 6.04. The van der Waals surface area contributed by atoms with Crippen molar-refractivity contribution in [2.24, 2.45) is 0 Å². The Morgan fingerprint density at radius 3 is 1.55 bits per heavy atom. The predicted molar refractivity (Wildman–Crippen MR) is 74.5 cm³/mol. The van der Waals surface area contributed by atoms with Crippen LogP contribution in [0, 0.1) is 11.8 Å². The van der Waals surface area contributed by atoms with E-state index >= 15 is 0 Å². The Morgan fingerprint density at radius 2 is 1.20 bits per heavy atom. The highest BCUT2D eigenvalue weighted by molar-refractivity contribution is 5.92. The van der Waals surface area contributed by atoms with Crippen LogP contribution in [0.25, 0.3) is 0 Å². The molecule has 0 unspecified atom stereocenters. The molecule has 4 nitrogen and oxygen atoms in total. The van der Waals surface area contributed by atoms with Crippen LogP contribution in [0.1, 0.15) is 46.2 Å². The average molecular weight is 264 g/mol. The lowest BCUT2D eigenvalue weighted by Gasteiger charge is -1.96. The van der Waals surface area contributed by atoms with Gasteiger partial charge in [-0.2, -0.15) is 0 Å². The minimum absolute atomic E-state index is 0.106. The lowest BCUT2D eigenvalue weighted by Crippen LogP contribution is -1.98. The van der Waals surface area contributed by atoms with Crippen LogP contribution in [-0.2, 0) is 0 Å². The summed E-state index contributed by atoms with van der Waals surface area (Å²) in [5.41, 5.74) is 1.74. The molecular formula is C16H12N2O2. The third-order valence-corrected chi connectivity index (χ3v) is 2.54. The summed E-state index contributed by atoms with van der Waals surface area (Å²) in [6.07, 6.45) is 0. The molecule has 0 saturated carbocycles. The standard InChI is InChI=1S/C16H12N2O2/c1-11(19)15-7-3-5-13(17-15)9-10-14-6-4-8-16(18-14)12(2)20/h3-8H,1-2H3. The van der Waals surface area contributed by atoms with E-state index in [1.165, 1.54) is 13.8 Å². The first kappa shape index (κ1) is 13.6. The molecule has 0 N–H and O–H groups in total. The number of Topliss-reactive ketones (excluding diaryl/α,β-unsaturated/α-hetero) is 2. The van der Waals surface area contributed by atoms with Crippen molar-refractivity contribution in [1.82, 2.24) is 9.97 Å². The number of hydrogen-bond donors (Lipinski definition) is 0. The summed E-state index contributed by atoms with van der Waals surface area (Å²) < 4.78 is 0. The van der Waals surface area contributed by atoms with Crippen LogP contribution in [0.5, 0.6) is 0 Å². The Labute approximate surface area is 116 Å². The van der Waals surface area contributed by atoms with Crippen molar-refractivity contribution in [3.8, 4) is 11.8 Å². The number of hydrogen-bond acceptors (Lipinski definition) is 4. The molecule has 2 heterocycles. The Balaban J connectivity index is 2.31. The maximum Gasteiger partial charge on any atom is 0.178 e. The molecule has 4 heteroatoms. The number of pyridine rings is 2. The van der Waals surface area contributed by atoms with Gasteiger partial charge in [0.25, 0.3) is 0 Å². The van der Waals surface area contributed by atoms with Crippen LogP contribution in [0.15, 0.2) is 36.4 Å². The molecule has 2 aromatic heterocycles. The Kier molecular flexibility index (Phi) is 4.02. The SMILES string of the molecule is CC(=O)c1cccc(C#Cc2cccc(C(C)=O)n2)n1. The fourth-order valence-electron chi connectivity index (χ4n) is 1.53. The molecule has 0 amide bonds. The van der Waals surface area contributed by atoms with Gasteiger partial charge in [-0.15, -0.1) is 0 Å². The van der Waals surface area contributed by atoms with Gasteiger partial charge in [0.15, 0.2) is 11.6 Å². The zero-order valence-electron chi connectivity index (χ0n) is 11.2. The number of nitrogens with zero attached hydrogens (tertiary/aromatic N) is 2. The number of rotatable bonds is 2. The summed E-state index contributed by atoms with van der Waals surface area (Å²) in [6.45, 7) is 2.91. The van der Waals surface area contributed by atoms with Crippen molar-refractivity contribution in [3.63, 3.8) is 0 Å². The number of carbonyl (C=O) groups excluding carboxylic acids is 2. The monoisotopic (exact) mass is 264 g/mol. The summed E-state index contributed by atoms with van der Waals surface area (Å²) in [7, 11) is 0. The van der Waals surface area contributed by atoms with E-state index < -0.39 is 0 Å². The molecule has 0 bridgehead atoms. The summed E-state index contributed by atoms with van der Waals surface area (Å²) in [5.74, 6) is 5.46. The van der Waals surface area contributed by atoms with Crippen LogP contribution in [0.2, 0.25) is 0 Å². The summed E-state index contributed by atoms with van der Waals surface area (Å²) >= 11 is 0. The van der Waals surface area contributed by atoms with Gasteiger partial charge in [-0.05, 0) is 36.1 Å². The van der Waals surface area contributed by atoms with Gasteiger partial charge in [0, 0.05) is 13.8 Å². The normalized spacial score (nSPS) is 9.50. The molecular weight excluding hydrogens is 252 g/mol. The van der Waals surface area contributed by atoms with Gasteiger partial charge in [-0.3, -0.25) is 9.59 Å². The lowest BCUT2D eigenvalue weighted by molar-refractivity contribution is 0.100. The molecule has 2 rings (SSSR count). The molecule has 20 heavy (non-hydrogen) atoms. The summed E-state index contributed by atoms with van der Waals surface area (Å²) in [6, 6.07) is 10.2. The van der Waals surface area contributed by atoms with Crippen LogP contribution >= 0.6 is 0 Å². The maximum atomic E-state index is 11.2. The van der Waals surface area contributed by atoms with E-state index in [0.29, 0.717) is 22.8 Å². The fourth-order valence-corrected chi connectivity index (χ4v) is 1.53. The highest BCUT2D eigenvalue weighted by Gasteiger charge is 2.01. The van der Waals surface area contributed by atoms with Crippen molar-refractivity contribution in [3.05, 3.63) is 59.2 Å². The number of carbonyl (C=O) groups is 2. The molecule has 0 aliphatic carbocycles. The third-order valence-electron chi connectivity index (χ3n) is 2.54. The quantitative estimate of drug-likeness (QED) is 0.616. The molecule has 2 aromatic rings. The van der Waals surface area contributed by atoms with Gasteiger partial charge < -0.3 is 0 Å². The van der Waals surface area contributed by atoms with Crippen LogP contribution in [0.3, 0.4) is 0 Å². The van der Waals surface area contributed by atoms with Gasteiger partial charge in [-0.1, -0.05) is 12.1 Å². The van der Waals surface area contributed by atoms with E-state index in [1.807, 2.05) is 0 Å². The third kappa shape index (κ3) is 3.36. The van der Waals surface area contributed by atoms with E-state index in [-0.39, 0.29) is 11.6 Å². The average Bonchev–Trinajstić information content (AvgIpc) is 2.45. The van der Waals surface area contributed by atoms with Crippen LogP contribution < -0.4 is 0 Å². The zero-order valence-corrected chi connectivity index (χ0v) is 11.2. The van der Waals surface area contributed by atoms with E-state index in [1.54, 1.807) is 36.4 Å². The smallest absolute Gasteiger partial charge is 0.178 e. The van der Waals surface area contributed by atoms with Crippen LogP contribution in [0.4, 0.5) is 0 Å². The Bertz CT molecular complexity index is 678. The first-order valence-electron chi connectivity index (χ1n) is 6.04. The fraction of sp³-hybridized carbons (Fsp3) is 0.125. The molecule has 0 radical (unpaired) electrons. The Morgan fingerprint density at radius 1 is 0.800 bits per heavy atom. The highest BCUT2D eigenvalue weighted by Crippen LogP contribution is 2.01. The molecule has 0 aliphatic heterocycles. The highest BCUT2D eigenvalue weighted by atomic mass is 16.1. The number of aromatic nitrogens is 2. The van der Waals surface area contributed by atoms with Gasteiger partial charge in [0.1, 0.15) is 22.8 Å². The zero-order chi connectivity index (χ0) is 14.5. The van der Waals surface area contributed by atoms with Crippen molar-refractivity contribution < 1.29 is 9.59 Å². The van der Waals surface area contributed by atoms with E-state index in [0.717, 1.165) is 0 Å². The second kappa shape index (κ2) is 5.89. The first-order chi connectivity index (χ1) is 9.56. The predicted octanol–water partition coefficient (Wildman–Crippen LogP) is 2.28. The topological polar surface area (TPSA) is 59.9 Å². The second-order valence-corrected chi connectivity index (χ2v) is 4.18. The minimum atomic E-state index is -0.106. The van der Waals surface area contributed by atoms with E-state index in [4.69, 9.17) is 0 Å². The lowest BCUT2D eigenvalue weighted by atomic mass is 10.2. The van der Waals surface area contributed by atoms with Crippen LogP contribution in [-0.4, -0.2) is 21.5 Å². The molecule has 98 valence electrons. The Hall–Kier alpha value is -2.80. The van der Waals surface area contributed by atoms with Gasteiger partial charge >= 0.3 is 0 Å². The molecule has 0 saturated heterocycles. The summed E-state index contributed by atoms with van der Waals surface area (Å²) in [4.78, 5) is 30.7. The van der Waals surface area contributed by atoms with E-state index in [9.17, 15) is 9.59 Å². The number of ketones is 2. The van der Waals surface area contributed by atoms with Gasteiger partial charge in [-0.25, -0.2) is 9.97 Å². The van der Waals surface area contributed by atoms with Gasteiger partial charge in [0.05, 0.1) is 0 Å². The molecule has 0 aliphatic rings. The molecule has 0 fully saturated rings. The summed E-state index contributed by atoms with van der Waals surface area (Å²) in [5, 5.41) is 0.